The summed E-state index contributed by atoms with van der Waals surface area (Å²) >= 11 is 5.08. The van der Waals surface area contributed by atoms with Gasteiger partial charge < -0.3 is 15.5 Å². The lowest BCUT2D eigenvalue weighted by atomic mass is 10.2. The molecule has 6 nitrogen and oxygen atoms in total. The van der Waals surface area contributed by atoms with E-state index in [4.69, 9.17) is 18.0 Å². The van der Waals surface area contributed by atoms with Crippen molar-refractivity contribution in [2.45, 2.75) is 6.54 Å². The van der Waals surface area contributed by atoms with Gasteiger partial charge in [-0.2, -0.15) is 0 Å². The number of hydrogen-bond donors (Lipinski definition) is 2. The lowest BCUT2D eigenvalue weighted by Gasteiger charge is -2.07. The molecule has 0 saturated carbocycles. The summed E-state index contributed by atoms with van der Waals surface area (Å²) in [4.78, 5) is 25.5. The lowest BCUT2D eigenvalue weighted by Crippen LogP contribution is -2.26. The third-order valence-corrected chi connectivity index (χ3v) is 2.77. The zero-order chi connectivity index (χ0) is 13.1. The van der Waals surface area contributed by atoms with Gasteiger partial charge in [-0.25, -0.2) is 4.79 Å². The normalized spacial score (nSPS) is 10.4. The number of carbonyl (C=O) groups is 1. The van der Waals surface area contributed by atoms with E-state index < -0.39 is 6.09 Å². The van der Waals surface area contributed by atoms with Crippen LogP contribution in [0.25, 0.3) is 10.9 Å². The van der Waals surface area contributed by atoms with Crippen molar-refractivity contribution in [3.05, 3.63) is 39.4 Å². The topological polar surface area (TPSA) is 90.1 Å². The fourth-order valence-corrected chi connectivity index (χ4v) is 1.92. The highest BCUT2D eigenvalue weighted by molar-refractivity contribution is 7.71. The summed E-state index contributed by atoms with van der Waals surface area (Å²) in [5, 5.41) is 0.533. The van der Waals surface area contributed by atoms with Crippen LogP contribution in [-0.4, -0.2) is 22.3 Å². The Labute approximate surface area is 107 Å². The van der Waals surface area contributed by atoms with E-state index in [-0.39, 0.29) is 23.5 Å². The molecule has 94 valence electrons. The zero-order valence-corrected chi connectivity index (χ0v) is 10.2. The number of nitrogens with one attached hydrogen (secondary N) is 1. The Morgan fingerprint density at radius 1 is 1.44 bits per heavy atom. The number of benzene rings is 1. The minimum Gasteiger partial charge on any atom is -0.448 e. The van der Waals surface area contributed by atoms with Gasteiger partial charge in [0.05, 0.1) is 17.4 Å². The number of rotatable bonds is 3. The van der Waals surface area contributed by atoms with Crippen LogP contribution in [0.3, 0.4) is 0 Å². The number of para-hydroxylation sites is 1. The van der Waals surface area contributed by atoms with Gasteiger partial charge in [-0.1, -0.05) is 12.1 Å². The molecule has 1 heterocycles. The first-order chi connectivity index (χ1) is 8.59. The summed E-state index contributed by atoms with van der Waals surface area (Å²) in [5.74, 6) is 0. The molecule has 18 heavy (non-hydrogen) atoms. The number of ether oxygens (including phenoxy) is 1. The minimum absolute atomic E-state index is 0.00502. The molecule has 0 bridgehead atoms. The van der Waals surface area contributed by atoms with Crippen molar-refractivity contribution in [3.63, 3.8) is 0 Å². The van der Waals surface area contributed by atoms with Crippen LogP contribution in [0.15, 0.2) is 29.1 Å². The standard InChI is InChI=1S/C11H11N3O3S/c12-10(16)17-6-5-14-9(15)7-3-1-2-4-8(7)13-11(14)18/h1-4H,5-6H2,(H2,12,16)(H,13,18). The van der Waals surface area contributed by atoms with Crippen LogP contribution in [0, 0.1) is 4.77 Å². The number of primary amides is 1. The van der Waals surface area contributed by atoms with Gasteiger partial charge in [0, 0.05) is 0 Å². The van der Waals surface area contributed by atoms with E-state index in [1.165, 1.54) is 4.57 Å². The number of aromatic amines is 1. The van der Waals surface area contributed by atoms with Crippen molar-refractivity contribution in [1.29, 1.82) is 0 Å². The van der Waals surface area contributed by atoms with Gasteiger partial charge in [0.15, 0.2) is 4.77 Å². The van der Waals surface area contributed by atoms with Gasteiger partial charge in [-0.05, 0) is 24.4 Å². The average molecular weight is 265 g/mol. The van der Waals surface area contributed by atoms with Crippen LogP contribution >= 0.6 is 12.2 Å². The highest BCUT2D eigenvalue weighted by Gasteiger charge is 2.05. The molecule has 0 aliphatic carbocycles. The molecule has 0 spiro atoms. The van der Waals surface area contributed by atoms with Crippen LogP contribution in [0.4, 0.5) is 4.79 Å². The molecule has 1 amide bonds. The van der Waals surface area contributed by atoms with E-state index in [0.717, 1.165) is 0 Å². The predicted octanol–water partition coefficient (Wildman–Crippen LogP) is 1.15. The molecule has 0 aliphatic heterocycles. The number of H-pyrrole nitrogens is 1. The van der Waals surface area contributed by atoms with Crippen molar-refractivity contribution in [2.24, 2.45) is 5.73 Å². The summed E-state index contributed by atoms with van der Waals surface area (Å²) in [6.07, 6.45) is -0.876. The maximum atomic E-state index is 12.1. The Morgan fingerprint density at radius 3 is 2.89 bits per heavy atom. The van der Waals surface area contributed by atoms with Crippen LogP contribution in [0.2, 0.25) is 0 Å². The molecule has 0 atom stereocenters. The van der Waals surface area contributed by atoms with Crippen molar-refractivity contribution in [3.8, 4) is 0 Å². The van der Waals surface area contributed by atoms with Gasteiger partial charge in [0.1, 0.15) is 6.61 Å². The van der Waals surface area contributed by atoms with Crippen molar-refractivity contribution in [2.75, 3.05) is 6.61 Å². The quantitative estimate of drug-likeness (QED) is 0.815. The molecular formula is C11H11N3O3S. The monoisotopic (exact) mass is 265 g/mol. The van der Waals surface area contributed by atoms with Crippen molar-refractivity contribution >= 4 is 29.2 Å². The summed E-state index contributed by atoms with van der Waals surface area (Å²) in [5.41, 5.74) is 5.30. The maximum absolute atomic E-state index is 12.1. The second-order valence-electron chi connectivity index (χ2n) is 3.60. The summed E-state index contributed by atoms with van der Waals surface area (Å²) in [6.45, 7) is 0.174. The summed E-state index contributed by atoms with van der Waals surface area (Å²) in [6, 6.07) is 7.06. The number of nitrogens with zero attached hydrogens (tertiary/aromatic N) is 1. The number of nitrogens with two attached hydrogens (primary N) is 1. The first-order valence-corrected chi connectivity index (χ1v) is 5.64. The van der Waals surface area contributed by atoms with E-state index in [2.05, 4.69) is 9.72 Å². The Kier molecular flexibility index (Phi) is 3.42. The van der Waals surface area contributed by atoms with Gasteiger partial charge in [0.25, 0.3) is 5.56 Å². The number of aromatic nitrogens is 2. The Balaban J connectivity index is 2.42. The highest BCUT2D eigenvalue weighted by atomic mass is 32.1. The molecule has 0 saturated heterocycles. The highest BCUT2D eigenvalue weighted by Crippen LogP contribution is 2.05. The summed E-state index contributed by atoms with van der Waals surface area (Å²) < 4.78 is 6.20. The maximum Gasteiger partial charge on any atom is 0.404 e. The molecular weight excluding hydrogens is 254 g/mol. The van der Waals surface area contributed by atoms with Crippen LogP contribution in [0.1, 0.15) is 0 Å². The zero-order valence-electron chi connectivity index (χ0n) is 9.38. The van der Waals surface area contributed by atoms with Crippen LogP contribution in [0.5, 0.6) is 0 Å². The molecule has 2 aromatic rings. The molecule has 2 rings (SSSR count). The van der Waals surface area contributed by atoms with E-state index in [0.29, 0.717) is 10.9 Å². The van der Waals surface area contributed by atoms with Gasteiger partial charge in [-0.15, -0.1) is 0 Å². The Morgan fingerprint density at radius 2 is 2.17 bits per heavy atom. The molecule has 0 aliphatic rings. The molecule has 0 fully saturated rings. The smallest absolute Gasteiger partial charge is 0.404 e. The third kappa shape index (κ3) is 2.40. The molecule has 3 N–H and O–H groups in total. The summed E-state index contributed by atoms with van der Waals surface area (Å²) in [7, 11) is 0. The van der Waals surface area contributed by atoms with E-state index in [1.54, 1.807) is 18.2 Å². The fraction of sp³-hybridized carbons (Fsp3) is 0.182. The fourth-order valence-electron chi connectivity index (χ4n) is 1.64. The first-order valence-electron chi connectivity index (χ1n) is 5.23. The second kappa shape index (κ2) is 5.01. The average Bonchev–Trinajstić information content (AvgIpc) is 2.33. The second-order valence-corrected chi connectivity index (χ2v) is 3.99. The van der Waals surface area contributed by atoms with Crippen LogP contribution < -0.4 is 11.3 Å². The lowest BCUT2D eigenvalue weighted by molar-refractivity contribution is 0.151. The van der Waals surface area contributed by atoms with Gasteiger partial charge in [-0.3, -0.25) is 9.36 Å². The molecule has 1 aromatic carbocycles. The van der Waals surface area contributed by atoms with E-state index >= 15 is 0 Å². The SMILES string of the molecule is NC(=O)OCCn1c(=S)[nH]c2ccccc2c1=O. The Bertz CT molecular complexity index is 704. The largest absolute Gasteiger partial charge is 0.448 e. The van der Waals surface area contributed by atoms with Gasteiger partial charge in [0.2, 0.25) is 0 Å². The number of hydrogen-bond acceptors (Lipinski definition) is 4. The molecule has 7 heteroatoms. The predicted molar refractivity (Wildman–Crippen MR) is 68.9 cm³/mol. The van der Waals surface area contributed by atoms with Crippen molar-refractivity contribution in [1.82, 2.24) is 9.55 Å². The molecule has 0 unspecified atom stereocenters. The minimum atomic E-state index is -0.876. The van der Waals surface area contributed by atoms with E-state index in [9.17, 15) is 9.59 Å². The van der Waals surface area contributed by atoms with Gasteiger partial charge >= 0.3 is 6.09 Å². The Hall–Kier alpha value is -2.15. The van der Waals surface area contributed by atoms with E-state index in [1.807, 2.05) is 6.07 Å². The third-order valence-electron chi connectivity index (χ3n) is 2.45. The number of fused-ring (bicyclic) bond motifs is 1. The van der Waals surface area contributed by atoms with Crippen LogP contribution in [-0.2, 0) is 11.3 Å². The molecule has 0 radical (unpaired) electrons. The number of carbonyl (C=O) groups excluding carboxylic acids is 1. The first kappa shape index (κ1) is 12.3. The molecule has 1 aromatic heterocycles. The van der Waals surface area contributed by atoms with Crippen molar-refractivity contribution < 1.29 is 9.53 Å². The number of amides is 1.